The van der Waals surface area contributed by atoms with Gasteiger partial charge in [-0.3, -0.25) is 4.98 Å². The van der Waals surface area contributed by atoms with Crippen LogP contribution in [-0.4, -0.2) is 17.9 Å². The lowest BCUT2D eigenvalue weighted by atomic mass is 10.2. The van der Waals surface area contributed by atoms with E-state index >= 15 is 0 Å². The van der Waals surface area contributed by atoms with E-state index in [1.807, 2.05) is 12.1 Å². The molecule has 2 heterocycles. The average molecular weight is 230 g/mol. The fraction of sp³-hybridized carbons (Fsp3) is 0.357. The number of benzene rings is 1. The number of para-hydroxylation sites is 1. The van der Waals surface area contributed by atoms with Crippen molar-refractivity contribution in [2.24, 2.45) is 0 Å². The largest absolute Gasteiger partial charge is 0.463 e. The molecule has 1 aliphatic rings. The summed E-state index contributed by atoms with van der Waals surface area (Å²) in [5.74, 6) is 0.708. The number of hydrogen-bond acceptors (Lipinski definition) is 3. The van der Waals surface area contributed by atoms with Crippen molar-refractivity contribution >= 4 is 10.9 Å². The summed E-state index contributed by atoms with van der Waals surface area (Å²) in [6.07, 6.45) is 4.73. The lowest BCUT2D eigenvalue weighted by Crippen LogP contribution is -2.24. The third kappa shape index (κ3) is 2.39. The molecule has 0 radical (unpaired) electrons. The van der Waals surface area contributed by atoms with Crippen LogP contribution in [0.2, 0.25) is 0 Å². The fourth-order valence-electron chi connectivity index (χ4n) is 2.01. The molecule has 0 aliphatic carbocycles. The van der Waals surface area contributed by atoms with Crippen molar-refractivity contribution in [3.63, 3.8) is 0 Å². The molecule has 0 bridgehead atoms. The smallest absolute Gasteiger partial charge is 0.199 e. The van der Waals surface area contributed by atoms with Crippen molar-refractivity contribution in [3.05, 3.63) is 36.5 Å². The lowest BCUT2D eigenvalue weighted by molar-refractivity contribution is -0.105. The topological polar surface area (TPSA) is 31.4 Å². The summed E-state index contributed by atoms with van der Waals surface area (Å²) < 4.78 is 18.9. The molecule has 1 saturated heterocycles. The fourth-order valence-corrected chi connectivity index (χ4v) is 2.01. The van der Waals surface area contributed by atoms with E-state index in [1.54, 1.807) is 18.3 Å². The average Bonchev–Trinajstić information content (AvgIpc) is 2.39. The number of hydrogen-bond donors (Lipinski definition) is 0. The Morgan fingerprint density at radius 1 is 1.41 bits per heavy atom. The summed E-state index contributed by atoms with van der Waals surface area (Å²) in [5.41, 5.74) is 0.878. The zero-order valence-electron chi connectivity index (χ0n) is 10.6. The summed E-state index contributed by atoms with van der Waals surface area (Å²) in [6, 6.07) is 7.77. The minimum Gasteiger partial charge on any atom is -0.463 e. The molecule has 0 spiro atoms. The molecule has 3 rings (SSSR count). The summed E-state index contributed by atoms with van der Waals surface area (Å²) in [7, 11) is 0. The molecule has 3 heteroatoms. The van der Waals surface area contributed by atoms with Crippen molar-refractivity contribution in [2.45, 2.75) is 25.6 Å². The van der Waals surface area contributed by atoms with Crippen LogP contribution in [0.4, 0.5) is 0 Å². The minimum atomic E-state index is -0.155. The van der Waals surface area contributed by atoms with Crippen LogP contribution >= 0.6 is 0 Å². The van der Waals surface area contributed by atoms with Gasteiger partial charge in [0.15, 0.2) is 6.29 Å². The van der Waals surface area contributed by atoms with Crippen LogP contribution in [0.25, 0.3) is 10.9 Å². The standard InChI is InChI=1S/C14H15NO2/c1-2-6-13-11(5-1)9-12(10-15-13)17-14-7-3-4-8-16-14/h1-2,5-6,9-10,14H,3-4,7-8H2/i1D. The molecule has 1 aromatic carbocycles. The van der Waals surface area contributed by atoms with Crippen molar-refractivity contribution in [1.29, 1.82) is 0 Å². The number of aromatic nitrogens is 1. The van der Waals surface area contributed by atoms with E-state index in [-0.39, 0.29) is 6.29 Å². The Kier molecular flexibility index (Phi) is 2.61. The molecular weight excluding hydrogens is 214 g/mol. The Labute approximate surface area is 102 Å². The molecule has 17 heavy (non-hydrogen) atoms. The molecule has 3 nitrogen and oxygen atoms in total. The maximum Gasteiger partial charge on any atom is 0.199 e. The molecule has 0 N–H and O–H groups in total. The molecule has 1 atom stereocenters. The van der Waals surface area contributed by atoms with Crippen LogP contribution in [0, 0.1) is 0 Å². The van der Waals surface area contributed by atoms with Gasteiger partial charge in [-0.05, 0) is 25.0 Å². The molecule has 1 unspecified atom stereocenters. The van der Waals surface area contributed by atoms with Crippen LogP contribution in [0.5, 0.6) is 5.75 Å². The summed E-state index contributed by atoms with van der Waals surface area (Å²) >= 11 is 0. The van der Waals surface area contributed by atoms with Gasteiger partial charge in [-0.1, -0.05) is 18.2 Å². The normalized spacial score (nSPS) is 21.2. The first-order valence-electron chi connectivity index (χ1n) is 6.46. The first kappa shape index (κ1) is 9.42. The van der Waals surface area contributed by atoms with E-state index in [1.165, 1.54) is 0 Å². The lowest BCUT2D eigenvalue weighted by Gasteiger charge is -2.23. The monoisotopic (exact) mass is 230 g/mol. The number of fused-ring (bicyclic) bond motifs is 1. The highest BCUT2D eigenvalue weighted by molar-refractivity contribution is 5.79. The van der Waals surface area contributed by atoms with E-state index in [4.69, 9.17) is 10.8 Å². The number of ether oxygens (including phenoxy) is 2. The zero-order chi connectivity index (χ0) is 12.4. The molecule has 2 aromatic rings. The van der Waals surface area contributed by atoms with Gasteiger partial charge in [0.25, 0.3) is 0 Å². The Hall–Kier alpha value is -1.61. The van der Waals surface area contributed by atoms with E-state index < -0.39 is 0 Å². The highest BCUT2D eigenvalue weighted by atomic mass is 16.7. The summed E-state index contributed by atoms with van der Waals surface area (Å²) in [5, 5.41) is 0.927. The van der Waals surface area contributed by atoms with Crippen molar-refractivity contribution in [2.75, 3.05) is 6.61 Å². The highest BCUT2D eigenvalue weighted by Gasteiger charge is 2.15. The molecular formula is C14H15NO2. The number of rotatable bonds is 2. The third-order valence-electron chi connectivity index (χ3n) is 2.91. The van der Waals surface area contributed by atoms with E-state index in [0.29, 0.717) is 11.8 Å². The Morgan fingerprint density at radius 2 is 2.41 bits per heavy atom. The molecule has 1 aliphatic heterocycles. The SMILES string of the molecule is [2H]c1ccc2ncc(OC3CCCCO3)cc2c1. The summed E-state index contributed by atoms with van der Waals surface area (Å²) in [4.78, 5) is 4.32. The van der Waals surface area contributed by atoms with Gasteiger partial charge < -0.3 is 9.47 Å². The van der Waals surface area contributed by atoms with Crippen molar-refractivity contribution in [3.8, 4) is 5.75 Å². The molecule has 1 aromatic heterocycles. The predicted octanol–water partition coefficient (Wildman–Crippen LogP) is 3.14. The van der Waals surface area contributed by atoms with Crippen molar-refractivity contribution in [1.82, 2.24) is 4.98 Å². The zero-order valence-corrected chi connectivity index (χ0v) is 9.56. The first-order chi connectivity index (χ1) is 8.81. The predicted molar refractivity (Wildman–Crippen MR) is 66.0 cm³/mol. The second-order valence-corrected chi connectivity index (χ2v) is 4.20. The number of nitrogens with zero attached hydrogens (tertiary/aromatic N) is 1. The maximum absolute atomic E-state index is 7.61. The van der Waals surface area contributed by atoms with Crippen LogP contribution in [-0.2, 0) is 4.74 Å². The molecule has 1 fully saturated rings. The summed E-state index contributed by atoms with van der Waals surface area (Å²) in [6.45, 7) is 0.766. The second kappa shape index (κ2) is 4.72. The van der Waals surface area contributed by atoms with E-state index in [2.05, 4.69) is 4.98 Å². The van der Waals surface area contributed by atoms with Gasteiger partial charge in [0.2, 0.25) is 0 Å². The minimum absolute atomic E-state index is 0.155. The Bertz CT molecular complexity index is 552. The van der Waals surface area contributed by atoms with Gasteiger partial charge in [-0.2, -0.15) is 0 Å². The third-order valence-corrected chi connectivity index (χ3v) is 2.91. The quantitative estimate of drug-likeness (QED) is 0.794. The van der Waals surface area contributed by atoms with Gasteiger partial charge in [0.1, 0.15) is 5.75 Å². The molecule has 0 amide bonds. The van der Waals surface area contributed by atoms with E-state index in [0.717, 1.165) is 36.8 Å². The van der Waals surface area contributed by atoms with Crippen LogP contribution in [0.1, 0.15) is 20.6 Å². The first-order valence-corrected chi connectivity index (χ1v) is 5.96. The van der Waals surface area contributed by atoms with Gasteiger partial charge in [0, 0.05) is 11.8 Å². The Balaban J connectivity index is 1.83. The maximum atomic E-state index is 7.61. The van der Waals surface area contributed by atoms with Crippen LogP contribution < -0.4 is 4.74 Å². The van der Waals surface area contributed by atoms with Crippen LogP contribution in [0.15, 0.2) is 36.5 Å². The van der Waals surface area contributed by atoms with Crippen molar-refractivity contribution < 1.29 is 10.8 Å². The van der Waals surface area contributed by atoms with Crippen LogP contribution in [0.3, 0.4) is 0 Å². The van der Waals surface area contributed by atoms with Gasteiger partial charge in [0.05, 0.1) is 19.7 Å². The van der Waals surface area contributed by atoms with Gasteiger partial charge >= 0.3 is 0 Å². The van der Waals surface area contributed by atoms with E-state index in [9.17, 15) is 0 Å². The molecule has 88 valence electrons. The highest BCUT2D eigenvalue weighted by Crippen LogP contribution is 2.22. The van der Waals surface area contributed by atoms with Gasteiger partial charge in [-0.25, -0.2) is 0 Å². The number of pyridine rings is 1. The van der Waals surface area contributed by atoms with Gasteiger partial charge in [-0.15, -0.1) is 0 Å². The molecule has 0 saturated carbocycles. The Morgan fingerprint density at radius 3 is 3.29 bits per heavy atom. The second-order valence-electron chi connectivity index (χ2n) is 4.20.